The largest absolute Gasteiger partial charge is 0.440 e. The average Bonchev–Trinajstić information content (AvgIpc) is 3.27. The lowest BCUT2D eigenvalue weighted by Gasteiger charge is -2.12. The van der Waals surface area contributed by atoms with E-state index in [1.54, 1.807) is 0 Å². The second-order valence-corrected chi connectivity index (χ2v) is 6.13. The Bertz CT molecular complexity index is 988. The number of aromatic nitrogens is 2. The van der Waals surface area contributed by atoms with E-state index in [2.05, 4.69) is 9.97 Å². The molecule has 5 nitrogen and oxygen atoms in total. The van der Waals surface area contributed by atoms with Gasteiger partial charge in [-0.05, 0) is 12.5 Å². The Morgan fingerprint density at radius 1 is 0.920 bits per heavy atom. The zero-order valence-electron chi connectivity index (χ0n) is 14.5. The van der Waals surface area contributed by atoms with Crippen LogP contribution in [0.5, 0.6) is 0 Å². The number of hydrogen-bond acceptors (Lipinski definition) is 5. The Hall–Kier alpha value is -2.66. The standard InChI is InChI=1S/C20H20N2O3/c1-4-13-21-16-11(3)19-17(22-14(5-2)24-19)15(20(16)25-13)18(23)12-9-7-6-8-10-12/h6-10,18,23H,4-5H2,1-3H3. The third-order valence-electron chi connectivity index (χ3n) is 4.53. The van der Waals surface area contributed by atoms with Crippen LogP contribution in [0.2, 0.25) is 0 Å². The summed E-state index contributed by atoms with van der Waals surface area (Å²) in [5.74, 6) is 1.28. The SMILES string of the molecule is CCc1nc2c(C(O)c3ccccc3)c3oc(CC)nc3c(C)c2o1. The van der Waals surface area contributed by atoms with E-state index in [1.807, 2.05) is 51.1 Å². The van der Waals surface area contributed by atoms with Crippen LogP contribution in [-0.4, -0.2) is 15.1 Å². The predicted molar refractivity (Wildman–Crippen MR) is 95.6 cm³/mol. The Labute approximate surface area is 145 Å². The van der Waals surface area contributed by atoms with Crippen LogP contribution in [0.15, 0.2) is 39.2 Å². The second kappa shape index (κ2) is 6.01. The molecule has 0 radical (unpaired) electrons. The monoisotopic (exact) mass is 336 g/mol. The number of benzene rings is 2. The fourth-order valence-electron chi connectivity index (χ4n) is 3.18. The summed E-state index contributed by atoms with van der Waals surface area (Å²) in [6, 6.07) is 9.50. The summed E-state index contributed by atoms with van der Waals surface area (Å²) in [5, 5.41) is 11.1. The maximum absolute atomic E-state index is 11.1. The highest BCUT2D eigenvalue weighted by atomic mass is 16.4. The molecule has 1 atom stereocenters. The van der Waals surface area contributed by atoms with E-state index in [-0.39, 0.29) is 0 Å². The van der Waals surface area contributed by atoms with Gasteiger partial charge in [0.1, 0.15) is 17.1 Å². The van der Waals surface area contributed by atoms with Crippen molar-refractivity contribution in [1.29, 1.82) is 0 Å². The first-order valence-corrected chi connectivity index (χ1v) is 8.58. The van der Waals surface area contributed by atoms with E-state index in [1.165, 1.54) is 0 Å². The number of rotatable bonds is 4. The number of oxazole rings is 2. The van der Waals surface area contributed by atoms with E-state index in [0.29, 0.717) is 46.9 Å². The van der Waals surface area contributed by atoms with Crippen LogP contribution >= 0.6 is 0 Å². The molecule has 2 aromatic carbocycles. The van der Waals surface area contributed by atoms with Crippen LogP contribution < -0.4 is 0 Å². The second-order valence-electron chi connectivity index (χ2n) is 6.13. The van der Waals surface area contributed by atoms with E-state index >= 15 is 0 Å². The van der Waals surface area contributed by atoms with Crippen molar-refractivity contribution in [2.45, 2.75) is 39.7 Å². The molecule has 0 saturated carbocycles. The van der Waals surface area contributed by atoms with Crippen LogP contribution in [0.3, 0.4) is 0 Å². The van der Waals surface area contributed by atoms with Crippen molar-refractivity contribution < 1.29 is 13.9 Å². The van der Waals surface area contributed by atoms with Crippen molar-refractivity contribution >= 4 is 22.2 Å². The summed E-state index contributed by atoms with van der Waals surface area (Å²) in [5.41, 5.74) is 4.94. The van der Waals surface area contributed by atoms with Crippen molar-refractivity contribution in [2.75, 3.05) is 0 Å². The molecule has 0 bridgehead atoms. The van der Waals surface area contributed by atoms with E-state index < -0.39 is 6.10 Å². The summed E-state index contributed by atoms with van der Waals surface area (Å²) in [4.78, 5) is 9.20. The van der Waals surface area contributed by atoms with Gasteiger partial charge in [-0.15, -0.1) is 0 Å². The highest BCUT2D eigenvalue weighted by Crippen LogP contribution is 2.38. The van der Waals surface area contributed by atoms with Gasteiger partial charge < -0.3 is 13.9 Å². The molecule has 0 aliphatic rings. The van der Waals surface area contributed by atoms with Gasteiger partial charge in [0.05, 0.1) is 5.56 Å². The highest BCUT2D eigenvalue weighted by molar-refractivity contribution is 5.98. The number of aliphatic hydroxyl groups excluding tert-OH is 1. The molecule has 0 aliphatic carbocycles. The Morgan fingerprint density at radius 2 is 1.52 bits per heavy atom. The molecule has 128 valence electrons. The third-order valence-corrected chi connectivity index (χ3v) is 4.53. The molecule has 0 spiro atoms. The number of nitrogens with zero attached hydrogens (tertiary/aromatic N) is 2. The Balaban J connectivity index is 2.09. The molecule has 25 heavy (non-hydrogen) atoms. The molecule has 1 unspecified atom stereocenters. The first kappa shape index (κ1) is 15.8. The molecule has 0 saturated heterocycles. The Kier molecular flexibility index (Phi) is 3.81. The fraction of sp³-hybridized carbons (Fsp3) is 0.300. The Morgan fingerprint density at radius 3 is 2.16 bits per heavy atom. The quantitative estimate of drug-likeness (QED) is 0.595. The van der Waals surface area contributed by atoms with Crippen LogP contribution in [-0.2, 0) is 12.8 Å². The van der Waals surface area contributed by atoms with Crippen molar-refractivity contribution in [3.8, 4) is 0 Å². The summed E-state index contributed by atoms with van der Waals surface area (Å²) in [6.07, 6.45) is 0.507. The zero-order chi connectivity index (χ0) is 17.6. The number of hydrogen-bond donors (Lipinski definition) is 1. The third kappa shape index (κ3) is 2.43. The molecule has 1 N–H and O–H groups in total. The summed E-state index contributed by atoms with van der Waals surface area (Å²) in [7, 11) is 0. The fourth-order valence-corrected chi connectivity index (χ4v) is 3.18. The molecule has 2 heterocycles. The first-order chi connectivity index (χ1) is 12.1. The molecule has 4 aromatic rings. The van der Waals surface area contributed by atoms with E-state index in [0.717, 1.165) is 16.6 Å². The van der Waals surface area contributed by atoms with Crippen molar-refractivity contribution in [2.24, 2.45) is 0 Å². The van der Waals surface area contributed by atoms with Crippen LogP contribution in [0, 0.1) is 6.92 Å². The van der Waals surface area contributed by atoms with Gasteiger partial charge in [0, 0.05) is 18.4 Å². The highest BCUT2D eigenvalue weighted by Gasteiger charge is 2.26. The normalized spacial score (nSPS) is 13.0. The summed E-state index contributed by atoms with van der Waals surface area (Å²) >= 11 is 0. The van der Waals surface area contributed by atoms with Crippen LogP contribution in [0.1, 0.15) is 48.4 Å². The molecule has 5 heteroatoms. The minimum atomic E-state index is -0.862. The minimum Gasteiger partial charge on any atom is -0.440 e. The topological polar surface area (TPSA) is 72.3 Å². The number of fused-ring (bicyclic) bond motifs is 2. The maximum Gasteiger partial charge on any atom is 0.195 e. The van der Waals surface area contributed by atoms with E-state index in [4.69, 9.17) is 8.83 Å². The van der Waals surface area contributed by atoms with Gasteiger partial charge >= 0.3 is 0 Å². The van der Waals surface area contributed by atoms with Gasteiger partial charge in [-0.25, -0.2) is 9.97 Å². The lowest BCUT2D eigenvalue weighted by atomic mass is 9.97. The van der Waals surface area contributed by atoms with Gasteiger partial charge in [0.15, 0.2) is 22.9 Å². The smallest absolute Gasteiger partial charge is 0.195 e. The summed E-state index contributed by atoms with van der Waals surface area (Å²) < 4.78 is 11.9. The maximum atomic E-state index is 11.1. The molecular weight excluding hydrogens is 316 g/mol. The van der Waals surface area contributed by atoms with Gasteiger partial charge in [0.2, 0.25) is 0 Å². The van der Waals surface area contributed by atoms with Gasteiger partial charge in [-0.1, -0.05) is 44.2 Å². The zero-order valence-corrected chi connectivity index (χ0v) is 14.5. The van der Waals surface area contributed by atoms with Crippen LogP contribution in [0.25, 0.3) is 22.2 Å². The van der Waals surface area contributed by atoms with Gasteiger partial charge in [-0.3, -0.25) is 0 Å². The van der Waals surface area contributed by atoms with Crippen LogP contribution in [0.4, 0.5) is 0 Å². The molecule has 4 rings (SSSR count). The number of aliphatic hydroxyl groups is 1. The minimum absolute atomic E-state index is 0.592. The first-order valence-electron chi connectivity index (χ1n) is 8.58. The average molecular weight is 336 g/mol. The molecule has 0 amide bonds. The molecule has 0 fully saturated rings. The molecular formula is C20H20N2O3. The van der Waals surface area contributed by atoms with Gasteiger partial charge in [-0.2, -0.15) is 0 Å². The molecule has 0 aliphatic heterocycles. The number of aryl methyl sites for hydroxylation is 3. The van der Waals surface area contributed by atoms with E-state index in [9.17, 15) is 5.11 Å². The predicted octanol–water partition coefficient (Wildman–Crippen LogP) is 4.48. The molecule has 2 aromatic heterocycles. The lowest BCUT2D eigenvalue weighted by molar-refractivity contribution is 0.221. The summed E-state index contributed by atoms with van der Waals surface area (Å²) in [6.45, 7) is 5.94. The van der Waals surface area contributed by atoms with Gasteiger partial charge in [0.25, 0.3) is 0 Å². The lowest BCUT2D eigenvalue weighted by Crippen LogP contribution is -2.02. The van der Waals surface area contributed by atoms with Crippen molar-refractivity contribution in [1.82, 2.24) is 9.97 Å². The van der Waals surface area contributed by atoms with Crippen molar-refractivity contribution in [3.05, 3.63) is 58.8 Å². The van der Waals surface area contributed by atoms with Crippen molar-refractivity contribution in [3.63, 3.8) is 0 Å².